The van der Waals surface area contributed by atoms with Crippen LogP contribution in [0.3, 0.4) is 0 Å². The van der Waals surface area contributed by atoms with Crippen molar-refractivity contribution in [3.8, 4) is 5.88 Å². The summed E-state index contributed by atoms with van der Waals surface area (Å²) in [6.07, 6.45) is 7.51. The van der Waals surface area contributed by atoms with Crippen molar-refractivity contribution in [1.82, 2.24) is 4.98 Å². The highest BCUT2D eigenvalue weighted by Crippen LogP contribution is 2.23. The summed E-state index contributed by atoms with van der Waals surface area (Å²) < 4.78 is 5.97. The molecule has 0 atom stereocenters. The van der Waals surface area contributed by atoms with Gasteiger partial charge in [0.25, 0.3) is 0 Å². The first kappa shape index (κ1) is 12.4. The summed E-state index contributed by atoms with van der Waals surface area (Å²) in [6.45, 7) is 2.66. The predicted molar refractivity (Wildman–Crippen MR) is 69.0 cm³/mol. The minimum absolute atomic E-state index is 0.356. The number of aryl methyl sites for hydroxylation is 1. The van der Waals surface area contributed by atoms with Crippen molar-refractivity contribution in [2.45, 2.75) is 58.1 Å². The van der Waals surface area contributed by atoms with Gasteiger partial charge in [0.15, 0.2) is 0 Å². The molecule has 2 N–H and O–H groups in total. The van der Waals surface area contributed by atoms with Crippen molar-refractivity contribution in [2.24, 2.45) is 5.73 Å². The quantitative estimate of drug-likeness (QED) is 0.871. The normalized spacial score (nSPS) is 17.1. The van der Waals surface area contributed by atoms with E-state index in [0.717, 1.165) is 36.4 Å². The zero-order valence-electron chi connectivity index (χ0n) is 10.6. The third kappa shape index (κ3) is 3.43. The molecule has 0 bridgehead atoms. The Balaban J connectivity index is 2.07. The highest BCUT2D eigenvalue weighted by atomic mass is 16.5. The van der Waals surface area contributed by atoms with Crippen LogP contribution in [0, 0.1) is 0 Å². The summed E-state index contributed by atoms with van der Waals surface area (Å²) in [6, 6.07) is 4.04. The zero-order chi connectivity index (χ0) is 12.1. The first-order valence-corrected chi connectivity index (χ1v) is 6.68. The fourth-order valence-electron chi connectivity index (χ4n) is 2.33. The van der Waals surface area contributed by atoms with Gasteiger partial charge in [-0.3, -0.25) is 0 Å². The molecule has 0 spiro atoms. The van der Waals surface area contributed by atoms with E-state index >= 15 is 0 Å². The van der Waals surface area contributed by atoms with Crippen LogP contribution < -0.4 is 10.5 Å². The molecule has 1 aromatic heterocycles. The molecule has 1 saturated carbocycles. The van der Waals surface area contributed by atoms with Gasteiger partial charge in [0.1, 0.15) is 6.10 Å². The van der Waals surface area contributed by atoms with Crippen molar-refractivity contribution in [3.05, 3.63) is 23.4 Å². The van der Waals surface area contributed by atoms with Gasteiger partial charge in [0.05, 0.1) is 0 Å². The van der Waals surface area contributed by atoms with Crippen LogP contribution >= 0.6 is 0 Å². The van der Waals surface area contributed by atoms with Crippen molar-refractivity contribution >= 4 is 0 Å². The molecule has 94 valence electrons. The van der Waals surface area contributed by atoms with Crippen LogP contribution in [0.4, 0.5) is 0 Å². The first-order valence-electron chi connectivity index (χ1n) is 6.68. The topological polar surface area (TPSA) is 48.1 Å². The third-order valence-electron chi connectivity index (χ3n) is 3.35. The average molecular weight is 234 g/mol. The number of aromatic nitrogens is 1. The molecule has 1 fully saturated rings. The van der Waals surface area contributed by atoms with Gasteiger partial charge in [-0.2, -0.15) is 0 Å². The Morgan fingerprint density at radius 1 is 1.29 bits per heavy atom. The number of nitrogens with two attached hydrogens (primary N) is 1. The van der Waals surface area contributed by atoms with Crippen LogP contribution in [-0.2, 0) is 13.0 Å². The Labute approximate surface area is 103 Å². The maximum absolute atomic E-state index is 5.97. The number of ether oxygens (including phenoxy) is 1. The fraction of sp³-hybridized carbons (Fsp3) is 0.643. The van der Waals surface area contributed by atoms with Crippen LogP contribution in [0.25, 0.3) is 0 Å². The van der Waals surface area contributed by atoms with Crippen LogP contribution in [-0.4, -0.2) is 11.1 Å². The van der Waals surface area contributed by atoms with E-state index in [1.54, 1.807) is 0 Å². The summed E-state index contributed by atoms with van der Waals surface area (Å²) in [4.78, 5) is 4.52. The first-order chi connectivity index (χ1) is 8.31. The van der Waals surface area contributed by atoms with Gasteiger partial charge < -0.3 is 10.5 Å². The molecular weight excluding hydrogens is 212 g/mol. The van der Waals surface area contributed by atoms with E-state index in [1.165, 1.54) is 19.3 Å². The van der Waals surface area contributed by atoms with Crippen LogP contribution in [0.2, 0.25) is 0 Å². The molecule has 3 heteroatoms. The molecule has 17 heavy (non-hydrogen) atoms. The maximum Gasteiger partial charge on any atom is 0.214 e. The van der Waals surface area contributed by atoms with Crippen molar-refractivity contribution in [3.63, 3.8) is 0 Å². The summed E-state index contributed by atoms with van der Waals surface area (Å²) in [7, 11) is 0. The molecule has 1 aliphatic carbocycles. The van der Waals surface area contributed by atoms with E-state index in [9.17, 15) is 0 Å². The second kappa shape index (κ2) is 6.01. The molecule has 0 amide bonds. The molecule has 0 aromatic carbocycles. The molecule has 0 aliphatic heterocycles. The summed E-state index contributed by atoms with van der Waals surface area (Å²) in [5.41, 5.74) is 7.87. The fourth-order valence-corrected chi connectivity index (χ4v) is 2.33. The van der Waals surface area contributed by atoms with Gasteiger partial charge in [-0.25, -0.2) is 4.98 Å². The van der Waals surface area contributed by atoms with Crippen molar-refractivity contribution in [1.29, 1.82) is 0 Å². The molecular formula is C14H22N2O. The second-order valence-corrected chi connectivity index (χ2v) is 4.74. The summed E-state index contributed by atoms with van der Waals surface area (Å²) in [5.74, 6) is 0.761. The number of hydrogen-bond acceptors (Lipinski definition) is 3. The van der Waals surface area contributed by atoms with Crippen LogP contribution in [0.15, 0.2) is 12.1 Å². The molecule has 1 aliphatic rings. The Morgan fingerprint density at radius 3 is 2.71 bits per heavy atom. The summed E-state index contributed by atoms with van der Waals surface area (Å²) >= 11 is 0. The van der Waals surface area contributed by atoms with Gasteiger partial charge in [-0.1, -0.05) is 13.3 Å². The van der Waals surface area contributed by atoms with Gasteiger partial charge >= 0.3 is 0 Å². The minimum atomic E-state index is 0.356. The van der Waals surface area contributed by atoms with Gasteiger partial charge in [-0.15, -0.1) is 0 Å². The highest BCUT2D eigenvalue weighted by Gasteiger charge is 2.15. The standard InChI is InChI=1S/C14H22N2O/c1-2-12-8-11(10-15)9-14(16-12)17-13-6-4-3-5-7-13/h8-9,13H,2-7,10,15H2,1H3. The molecule has 0 unspecified atom stereocenters. The van der Waals surface area contributed by atoms with Gasteiger partial charge in [0.2, 0.25) is 5.88 Å². The van der Waals surface area contributed by atoms with E-state index in [-0.39, 0.29) is 0 Å². The van der Waals surface area contributed by atoms with Gasteiger partial charge in [-0.05, 0) is 43.7 Å². The minimum Gasteiger partial charge on any atom is -0.474 e. The van der Waals surface area contributed by atoms with E-state index in [4.69, 9.17) is 10.5 Å². The molecule has 3 nitrogen and oxygen atoms in total. The monoisotopic (exact) mass is 234 g/mol. The molecule has 2 rings (SSSR count). The smallest absolute Gasteiger partial charge is 0.214 e. The Hall–Kier alpha value is -1.09. The van der Waals surface area contributed by atoms with Crippen LogP contribution in [0.1, 0.15) is 50.3 Å². The number of rotatable bonds is 4. The molecule has 1 aromatic rings. The van der Waals surface area contributed by atoms with Crippen molar-refractivity contribution < 1.29 is 4.74 Å². The second-order valence-electron chi connectivity index (χ2n) is 4.74. The number of nitrogens with zero attached hydrogens (tertiary/aromatic N) is 1. The van der Waals surface area contributed by atoms with E-state index in [0.29, 0.717) is 12.6 Å². The van der Waals surface area contributed by atoms with E-state index in [1.807, 2.05) is 6.07 Å². The number of pyridine rings is 1. The van der Waals surface area contributed by atoms with E-state index < -0.39 is 0 Å². The SMILES string of the molecule is CCc1cc(CN)cc(OC2CCCCC2)n1. The maximum atomic E-state index is 5.97. The summed E-state index contributed by atoms with van der Waals surface area (Å²) in [5, 5.41) is 0. The van der Waals surface area contributed by atoms with E-state index in [2.05, 4.69) is 18.0 Å². The molecule has 0 saturated heterocycles. The lowest BCUT2D eigenvalue weighted by Gasteiger charge is -2.22. The highest BCUT2D eigenvalue weighted by molar-refractivity contribution is 5.25. The molecule has 1 heterocycles. The van der Waals surface area contributed by atoms with Gasteiger partial charge in [0, 0.05) is 18.3 Å². The third-order valence-corrected chi connectivity index (χ3v) is 3.35. The Bertz CT molecular complexity index is 337. The Morgan fingerprint density at radius 2 is 2.06 bits per heavy atom. The number of hydrogen-bond donors (Lipinski definition) is 1. The lowest BCUT2D eigenvalue weighted by molar-refractivity contribution is 0.148. The van der Waals surface area contributed by atoms with Crippen LogP contribution in [0.5, 0.6) is 5.88 Å². The largest absolute Gasteiger partial charge is 0.474 e. The lowest BCUT2D eigenvalue weighted by atomic mass is 9.98. The average Bonchev–Trinajstić information content (AvgIpc) is 2.39. The van der Waals surface area contributed by atoms with Crippen molar-refractivity contribution in [2.75, 3.05) is 0 Å². The Kier molecular flexibility index (Phi) is 4.37. The lowest BCUT2D eigenvalue weighted by Crippen LogP contribution is -2.20. The molecule has 0 radical (unpaired) electrons. The zero-order valence-corrected chi connectivity index (χ0v) is 10.6. The predicted octanol–water partition coefficient (Wildman–Crippen LogP) is 2.81.